The number of rotatable bonds is 1. The van der Waals surface area contributed by atoms with Crippen LogP contribution < -0.4 is 9.47 Å². The average molecular weight is 295 g/mol. The Kier molecular flexibility index (Phi) is 2.52. The maximum Gasteiger partial charge on any atom is 0.231 e. The number of ether oxygens (including phenoxy) is 2. The molecule has 0 spiro atoms. The van der Waals surface area contributed by atoms with E-state index in [9.17, 15) is 4.39 Å². The molecule has 2 nitrogen and oxygen atoms in total. The van der Waals surface area contributed by atoms with Crippen LogP contribution in [0, 0.1) is 5.82 Å². The largest absolute Gasteiger partial charge is 0.454 e. The van der Waals surface area contributed by atoms with Gasteiger partial charge in [0.05, 0.1) is 0 Å². The molecule has 0 amide bonds. The lowest BCUT2D eigenvalue weighted by molar-refractivity contribution is 0.174. The van der Waals surface area contributed by atoms with Gasteiger partial charge in [0.1, 0.15) is 5.82 Å². The van der Waals surface area contributed by atoms with Crippen molar-refractivity contribution >= 4 is 15.9 Å². The minimum Gasteiger partial charge on any atom is -0.454 e. The quantitative estimate of drug-likeness (QED) is 0.792. The van der Waals surface area contributed by atoms with Crippen molar-refractivity contribution in [1.82, 2.24) is 0 Å². The number of fused-ring (bicyclic) bond motifs is 1. The molecule has 0 atom stereocenters. The zero-order valence-electron chi connectivity index (χ0n) is 8.74. The zero-order chi connectivity index (χ0) is 11.8. The van der Waals surface area contributed by atoms with Gasteiger partial charge in [0.15, 0.2) is 11.5 Å². The standard InChI is InChI=1S/C13H8BrFO2/c14-10-5-6-11-13(17-7-16-11)12(10)8-1-3-9(15)4-2-8/h1-6H,7H2. The third-order valence-corrected chi connectivity index (χ3v) is 3.28. The van der Waals surface area contributed by atoms with E-state index in [4.69, 9.17) is 9.47 Å². The second kappa shape index (κ2) is 4.04. The number of halogens is 2. The van der Waals surface area contributed by atoms with Crippen LogP contribution in [0.4, 0.5) is 4.39 Å². The number of benzene rings is 2. The second-order valence-corrected chi connectivity index (χ2v) is 4.52. The molecule has 0 radical (unpaired) electrons. The molecule has 2 aromatic carbocycles. The first-order chi connectivity index (χ1) is 8.25. The van der Waals surface area contributed by atoms with Gasteiger partial charge in [0.2, 0.25) is 6.79 Å². The van der Waals surface area contributed by atoms with Crippen molar-refractivity contribution in [2.24, 2.45) is 0 Å². The first kappa shape index (κ1) is 10.6. The lowest BCUT2D eigenvalue weighted by atomic mass is 10.0. The maximum atomic E-state index is 12.9. The molecule has 0 aliphatic carbocycles. The van der Waals surface area contributed by atoms with Gasteiger partial charge in [0, 0.05) is 10.0 Å². The van der Waals surface area contributed by atoms with E-state index >= 15 is 0 Å². The van der Waals surface area contributed by atoms with Crippen LogP contribution in [0.1, 0.15) is 0 Å². The van der Waals surface area contributed by atoms with Gasteiger partial charge in [-0.25, -0.2) is 4.39 Å². The van der Waals surface area contributed by atoms with Crippen molar-refractivity contribution in [3.63, 3.8) is 0 Å². The smallest absolute Gasteiger partial charge is 0.231 e. The molecule has 3 rings (SSSR count). The summed E-state index contributed by atoms with van der Waals surface area (Å²) in [7, 11) is 0. The molecule has 0 saturated heterocycles. The highest BCUT2D eigenvalue weighted by atomic mass is 79.9. The summed E-state index contributed by atoms with van der Waals surface area (Å²) in [5.41, 5.74) is 1.78. The third-order valence-electron chi connectivity index (χ3n) is 2.62. The second-order valence-electron chi connectivity index (χ2n) is 3.66. The van der Waals surface area contributed by atoms with E-state index in [1.807, 2.05) is 12.1 Å². The topological polar surface area (TPSA) is 18.5 Å². The molecule has 2 aromatic rings. The van der Waals surface area contributed by atoms with Gasteiger partial charge in [0.25, 0.3) is 0 Å². The summed E-state index contributed by atoms with van der Waals surface area (Å²) >= 11 is 3.48. The van der Waals surface area contributed by atoms with Crippen molar-refractivity contribution in [1.29, 1.82) is 0 Å². The van der Waals surface area contributed by atoms with Crippen LogP contribution in [0.3, 0.4) is 0 Å². The summed E-state index contributed by atoms with van der Waals surface area (Å²) in [5.74, 6) is 1.16. The fourth-order valence-corrected chi connectivity index (χ4v) is 2.38. The summed E-state index contributed by atoms with van der Waals surface area (Å²) < 4.78 is 24.6. The van der Waals surface area contributed by atoms with Gasteiger partial charge in [-0.3, -0.25) is 0 Å². The molecule has 17 heavy (non-hydrogen) atoms. The highest BCUT2D eigenvalue weighted by Gasteiger charge is 2.21. The van der Waals surface area contributed by atoms with Crippen LogP contribution in [0.15, 0.2) is 40.9 Å². The Balaban J connectivity index is 2.20. The maximum absolute atomic E-state index is 12.9. The molecule has 86 valence electrons. The Morgan fingerprint density at radius 3 is 2.53 bits per heavy atom. The summed E-state index contributed by atoms with van der Waals surface area (Å²) in [6.07, 6.45) is 0. The third kappa shape index (κ3) is 1.78. The molecule has 1 heterocycles. The van der Waals surface area contributed by atoms with Gasteiger partial charge in [-0.1, -0.05) is 28.1 Å². The van der Waals surface area contributed by atoms with Crippen molar-refractivity contribution in [3.8, 4) is 22.6 Å². The molecule has 0 bridgehead atoms. The van der Waals surface area contributed by atoms with Gasteiger partial charge >= 0.3 is 0 Å². The SMILES string of the molecule is Fc1ccc(-c2c(Br)ccc3c2OCO3)cc1. The lowest BCUT2D eigenvalue weighted by Gasteiger charge is -2.08. The Hall–Kier alpha value is -1.55. The summed E-state index contributed by atoms with van der Waals surface area (Å²) in [5, 5.41) is 0. The molecule has 4 heteroatoms. The normalized spacial score (nSPS) is 12.8. The molecule has 1 aliphatic rings. The van der Waals surface area contributed by atoms with Gasteiger partial charge in [-0.05, 0) is 29.8 Å². The monoisotopic (exact) mass is 294 g/mol. The van der Waals surface area contributed by atoms with Crippen molar-refractivity contribution in [2.75, 3.05) is 6.79 Å². The van der Waals surface area contributed by atoms with Crippen LogP contribution in [0.5, 0.6) is 11.5 Å². The molecular weight excluding hydrogens is 287 g/mol. The summed E-state index contributed by atoms with van der Waals surface area (Å²) in [6, 6.07) is 10.0. The molecular formula is C13H8BrFO2. The van der Waals surface area contributed by atoms with Crippen molar-refractivity contribution in [2.45, 2.75) is 0 Å². The van der Waals surface area contributed by atoms with Gasteiger partial charge < -0.3 is 9.47 Å². The predicted octanol–water partition coefficient (Wildman–Crippen LogP) is 3.98. The Morgan fingerprint density at radius 1 is 1.00 bits per heavy atom. The highest BCUT2D eigenvalue weighted by Crippen LogP contribution is 2.45. The molecule has 0 N–H and O–H groups in total. The van der Waals surface area contributed by atoms with E-state index < -0.39 is 0 Å². The first-order valence-electron chi connectivity index (χ1n) is 5.10. The van der Waals surface area contributed by atoms with Gasteiger partial charge in [-0.2, -0.15) is 0 Å². The molecule has 0 aromatic heterocycles. The Morgan fingerprint density at radius 2 is 1.76 bits per heavy atom. The van der Waals surface area contributed by atoms with Crippen LogP contribution in [0.2, 0.25) is 0 Å². The van der Waals surface area contributed by atoms with Crippen molar-refractivity contribution < 1.29 is 13.9 Å². The molecule has 0 fully saturated rings. The average Bonchev–Trinajstić information content (AvgIpc) is 2.79. The molecule has 0 saturated carbocycles. The van der Waals surface area contributed by atoms with Crippen LogP contribution >= 0.6 is 15.9 Å². The van der Waals surface area contributed by atoms with E-state index in [1.54, 1.807) is 12.1 Å². The fourth-order valence-electron chi connectivity index (χ4n) is 1.83. The Bertz CT molecular complexity index is 566. The first-order valence-corrected chi connectivity index (χ1v) is 5.89. The fraction of sp³-hybridized carbons (Fsp3) is 0.0769. The van der Waals surface area contributed by atoms with E-state index in [0.717, 1.165) is 15.6 Å². The van der Waals surface area contributed by atoms with Crippen LogP contribution in [-0.2, 0) is 0 Å². The molecule has 0 unspecified atom stereocenters. The Labute approximate surface area is 106 Å². The van der Waals surface area contributed by atoms with E-state index in [2.05, 4.69) is 15.9 Å². The van der Waals surface area contributed by atoms with E-state index in [0.29, 0.717) is 11.5 Å². The molecule has 1 aliphatic heterocycles. The number of hydrogen-bond donors (Lipinski definition) is 0. The van der Waals surface area contributed by atoms with E-state index in [1.165, 1.54) is 12.1 Å². The lowest BCUT2D eigenvalue weighted by Crippen LogP contribution is -1.93. The number of hydrogen-bond acceptors (Lipinski definition) is 2. The minimum atomic E-state index is -0.255. The zero-order valence-corrected chi connectivity index (χ0v) is 10.3. The summed E-state index contributed by atoms with van der Waals surface area (Å²) in [4.78, 5) is 0. The summed E-state index contributed by atoms with van der Waals surface area (Å²) in [6.45, 7) is 0.222. The van der Waals surface area contributed by atoms with Crippen LogP contribution in [0.25, 0.3) is 11.1 Å². The van der Waals surface area contributed by atoms with Gasteiger partial charge in [-0.15, -0.1) is 0 Å². The van der Waals surface area contributed by atoms with E-state index in [-0.39, 0.29) is 12.6 Å². The highest BCUT2D eigenvalue weighted by molar-refractivity contribution is 9.10. The minimum absolute atomic E-state index is 0.222. The predicted molar refractivity (Wildman–Crippen MR) is 65.7 cm³/mol. The van der Waals surface area contributed by atoms with Crippen molar-refractivity contribution in [3.05, 3.63) is 46.7 Å². The van der Waals surface area contributed by atoms with Crippen LogP contribution in [-0.4, -0.2) is 6.79 Å².